The van der Waals surface area contributed by atoms with Gasteiger partial charge in [0.05, 0.1) is 5.60 Å². The predicted molar refractivity (Wildman–Crippen MR) is 62.6 cm³/mol. The molecular formula is C13H26O2. The van der Waals surface area contributed by atoms with E-state index in [0.29, 0.717) is 5.92 Å². The average molecular weight is 214 g/mol. The molecule has 0 amide bonds. The van der Waals surface area contributed by atoms with Crippen LogP contribution in [0, 0.1) is 11.8 Å². The quantitative estimate of drug-likeness (QED) is 0.711. The van der Waals surface area contributed by atoms with Crippen molar-refractivity contribution in [2.75, 3.05) is 0 Å². The van der Waals surface area contributed by atoms with Crippen LogP contribution in [0.2, 0.25) is 0 Å². The molecule has 0 saturated heterocycles. The average Bonchev–Trinajstić information content (AvgIpc) is 2.66. The lowest BCUT2D eigenvalue weighted by molar-refractivity contribution is -0.219. The monoisotopic (exact) mass is 214 g/mol. The van der Waals surface area contributed by atoms with Gasteiger partial charge in [0.15, 0.2) is 6.29 Å². The van der Waals surface area contributed by atoms with Crippen molar-refractivity contribution in [2.45, 2.75) is 71.7 Å². The molecule has 0 spiro atoms. The first-order valence-corrected chi connectivity index (χ1v) is 6.37. The lowest BCUT2D eigenvalue weighted by atomic mass is 9.88. The highest BCUT2D eigenvalue weighted by Crippen LogP contribution is 2.40. The van der Waals surface area contributed by atoms with Gasteiger partial charge in [0.2, 0.25) is 0 Å². The summed E-state index contributed by atoms with van der Waals surface area (Å²) in [6.07, 6.45) is 5.08. The Balaban J connectivity index is 2.59. The second-order valence-corrected chi connectivity index (χ2v) is 5.32. The molecule has 2 heteroatoms. The Morgan fingerprint density at radius 3 is 2.13 bits per heavy atom. The van der Waals surface area contributed by atoms with Gasteiger partial charge >= 0.3 is 0 Å². The van der Waals surface area contributed by atoms with Crippen molar-refractivity contribution in [3.05, 3.63) is 0 Å². The minimum Gasteiger partial charge on any atom is -0.368 e. The minimum atomic E-state index is -0.588. The summed E-state index contributed by atoms with van der Waals surface area (Å²) in [7, 11) is 0. The molecule has 0 aromatic rings. The normalized spacial score (nSPS) is 24.4. The summed E-state index contributed by atoms with van der Waals surface area (Å²) in [6, 6.07) is 0. The zero-order valence-corrected chi connectivity index (χ0v) is 10.6. The highest BCUT2D eigenvalue weighted by atomic mass is 16.6. The molecule has 15 heavy (non-hydrogen) atoms. The summed E-state index contributed by atoms with van der Waals surface area (Å²) in [5.41, 5.74) is -0.0527. The van der Waals surface area contributed by atoms with Crippen LogP contribution in [0.15, 0.2) is 0 Å². The van der Waals surface area contributed by atoms with E-state index in [9.17, 15) is 5.11 Å². The van der Waals surface area contributed by atoms with Gasteiger partial charge < -0.3 is 9.84 Å². The Morgan fingerprint density at radius 1 is 1.20 bits per heavy atom. The van der Waals surface area contributed by atoms with Gasteiger partial charge in [-0.25, -0.2) is 0 Å². The van der Waals surface area contributed by atoms with Crippen LogP contribution in [0.25, 0.3) is 0 Å². The summed E-state index contributed by atoms with van der Waals surface area (Å²) in [6.45, 7) is 8.55. The van der Waals surface area contributed by atoms with E-state index in [0.717, 1.165) is 19.3 Å². The van der Waals surface area contributed by atoms with E-state index in [1.54, 1.807) is 0 Å². The van der Waals surface area contributed by atoms with Crippen LogP contribution in [0.4, 0.5) is 0 Å². The van der Waals surface area contributed by atoms with E-state index >= 15 is 0 Å². The van der Waals surface area contributed by atoms with Crippen LogP contribution in [0.3, 0.4) is 0 Å². The summed E-state index contributed by atoms with van der Waals surface area (Å²) >= 11 is 0. The minimum absolute atomic E-state index is 0.0527. The van der Waals surface area contributed by atoms with Gasteiger partial charge in [-0.1, -0.05) is 40.5 Å². The van der Waals surface area contributed by atoms with Crippen molar-refractivity contribution in [3.8, 4) is 0 Å². The topological polar surface area (TPSA) is 29.5 Å². The largest absolute Gasteiger partial charge is 0.368 e. The van der Waals surface area contributed by atoms with Gasteiger partial charge in [-0.15, -0.1) is 0 Å². The Morgan fingerprint density at radius 2 is 1.73 bits per heavy atom. The van der Waals surface area contributed by atoms with Crippen molar-refractivity contribution in [3.63, 3.8) is 0 Å². The fraction of sp³-hybridized carbons (Fsp3) is 1.00. The maximum atomic E-state index is 9.97. The van der Waals surface area contributed by atoms with Gasteiger partial charge in [0.1, 0.15) is 0 Å². The third-order valence-corrected chi connectivity index (χ3v) is 3.99. The molecule has 2 unspecified atom stereocenters. The molecule has 2 nitrogen and oxygen atoms in total. The maximum absolute atomic E-state index is 9.97. The first kappa shape index (κ1) is 13.0. The molecule has 0 aromatic carbocycles. The molecular weight excluding hydrogens is 188 g/mol. The third-order valence-electron chi connectivity index (χ3n) is 3.99. The molecule has 1 rings (SSSR count). The maximum Gasteiger partial charge on any atom is 0.157 e. The summed E-state index contributed by atoms with van der Waals surface area (Å²) in [5, 5.41) is 9.97. The van der Waals surface area contributed by atoms with Crippen LogP contribution in [0.1, 0.15) is 59.8 Å². The second-order valence-electron chi connectivity index (χ2n) is 5.32. The van der Waals surface area contributed by atoms with E-state index in [4.69, 9.17) is 4.74 Å². The lowest BCUT2D eigenvalue weighted by Gasteiger charge is -2.37. The first-order valence-electron chi connectivity index (χ1n) is 6.37. The summed E-state index contributed by atoms with van der Waals surface area (Å²) in [5.74, 6) is 0.736. The molecule has 1 N–H and O–H groups in total. The van der Waals surface area contributed by atoms with E-state index in [2.05, 4.69) is 20.8 Å². The number of ether oxygens (including phenoxy) is 1. The zero-order valence-electron chi connectivity index (χ0n) is 10.6. The highest BCUT2D eigenvalue weighted by Gasteiger charge is 2.40. The molecule has 90 valence electrons. The molecule has 0 bridgehead atoms. The molecule has 2 atom stereocenters. The van der Waals surface area contributed by atoms with Crippen LogP contribution in [0.5, 0.6) is 0 Å². The second kappa shape index (κ2) is 5.31. The Kier molecular flexibility index (Phi) is 4.60. The number of aliphatic hydroxyl groups is 1. The van der Waals surface area contributed by atoms with Gasteiger partial charge in [0, 0.05) is 5.92 Å². The lowest BCUT2D eigenvalue weighted by Crippen LogP contribution is -2.41. The standard InChI is InChI=1S/C13H26O2/c1-5-11(4)12(14)15-13(10(2)3)8-6-7-9-13/h10-12,14H,5-9H2,1-4H3. The molecule has 1 saturated carbocycles. The summed E-state index contributed by atoms with van der Waals surface area (Å²) < 4.78 is 5.97. The van der Waals surface area contributed by atoms with Gasteiger partial charge in [-0.3, -0.25) is 0 Å². The Hall–Kier alpha value is -0.0800. The zero-order chi connectivity index (χ0) is 11.5. The number of rotatable bonds is 5. The highest BCUT2D eigenvalue weighted by molar-refractivity contribution is 4.89. The Bertz CT molecular complexity index is 183. The van der Waals surface area contributed by atoms with Crippen LogP contribution in [-0.4, -0.2) is 17.0 Å². The van der Waals surface area contributed by atoms with Gasteiger partial charge in [0.25, 0.3) is 0 Å². The number of aliphatic hydroxyl groups excluding tert-OH is 1. The number of hydrogen-bond donors (Lipinski definition) is 1. The summed E-state index contributed by atoms with van der Waals surface area (Å²) in [4.78, 5) is 0. The molecule has 0 aliphatic heterocycles. The molecule has 0 aromatic heterocycles. The van der Waals surface area contributed by atoms with Crippen molar-refractivity contribution in [1.82, 2.24) is 0 Å². The molecule has 1 fully saturated rings. The van der Waals surface area contributed by atoms with Crippen molar-refractivity contribution < 1.29 is 9.84 Å². The predicted octanol–water partition coefficient (Wildman–Crippen LogP) is 3.34. The third kappa shape index (κ3) is 2.94. The van der Waals surface area contributed by atoms with E-state index in [-0.39, 0.29) is 11.5 Å². The van der Waals surface area contributed by atoms with E-state index in [1.165, 1.54) is 12.8 Å². The SMILES string of the molecule is CCC(C)C(O)OC1(C(C)C)CCCC1. The van der Waals surface area contributed by atoms with Crippen molar-refractivity contribution >= 4 is 0 Å². The molecule has 0 radical (unpaired) electrons. The van der Waals surface area contributed by atoms with Crippen LogP contribution < -0.4 is 0 Å². The fourth-order valence-corrected chi connectivity index (χ4v) is 2.36. The molecule has 1 aliphatic carbocycles. The van der Waals surface area contributed by atoms with Crippen LogP contribution in [-0.2, 0) is 4.74 Å². The fourth-order valence-electron chi connectivity index (χ4n) is 2.36. The smallest absolute Gasteiger partial charge is 0.157 e. The molecule has 0 heterocycles. The number of hydrogen-bond acceptors (Lipinski definition) is 2. The van der Waals surface area contributed by atoms with Gasteiger partial charge in [-0.2, -0.15) is 0 Å². The van der Waals surface area contributed by atoms with E-state index in [1.807, 2.05) is 6.92 Å². The van der Waals surface area contributed by atoms with E-state index < -0.39 is 6.29 Å². The van der Waals surface area contributed by atoms with Crippen molar-refractivity contribution in [1.29, 1.82) is 0 Å². The van der Waals surface area contributed by atoms with Crippen molar-refractivity contribution in [2.24, 2.45) is 11.8 Å². The molecule has 1 aliphatic rings. The van der Waals surface area contributed by atoms with Crippen LogP contribution >= 0.6 is 0 Å². The first-order chi connectivity index (χ1) is 7.02. The Labute approximate surface area is 94.0 Å². The van der Waals surface area contributed by atoms with Gasteiger partial charge in [-0.05, 0) is 25.2 Å².